The predicted octanol–water partition coefficient (Wildman–Crippen LogP) is 3.48. The van der Waals surface area contributed by atoms with Crippen LogP contribution in [-0.2, 0) is 27.8 Å². The van der Waals surface area contributed by atoms with Gasteiger partial charge in [0.15, 0.2) is 11.7 Å². The molecule has 9 heteroatoms. The Hall–Kier alpha value is -3.85. The molecule has 0 atom stereocenters. The zero-order valence-corrected chi connectivity index (χ0v) is 19.0. The molecule has 168 valence electrons. The van der Waals surface area contributed by atoms with E-state index in [0.29, 0.717) is 21.9 Å². The molecule has 0 aliphatic carbocycles. The third-order valence-electron chi connectivity index (χ3n) is 5.09. The van der Waals surface area contributed by atoms with Gasteiger partial charge >= 0.3 is 5.97 Å². The largest absolute Gasteiger partial charge is 0.456 e. The van der Waals surface area contributed by atoms with E-state index in [9.17, 15) is 14.4 Å². The van der Waals surface area contributed by atoms with Gasteiger partial charge in [0.2, 0.25) is 0 Å². The van der Waals surface area contributed by atoms with Gasteiger partial charge in [-0.05, 0) is 19.1 Å². The Morgan fingerprint density at radius 3 is 2.64 bits per heavy atom. The first kappa shape index (κ1) is 22.3. The minimum Gasteiger partial charge on any atom is -0.456 e. The second-order valence-electron chi connectivity index (χ2n) is 7.52. The van der Waals surface area contributed by atoms with E-state index in [1.54, 1.807) is 31.3 Å². The number of thiazole rings is 1. The molecule has 2 aromatic carbocycles. The maximum atomic E-state index is 12.4. The van der Waals surface area contributed by atoms with Gasteiger partial charge in [0.1, 0.15) is 5.82 Å². The van der Waals surface area contributed by atoms with Crippen LogP contribution < -0.4 is 10.9 Å². The fourth-order valence-electron chi connectivity index (χ4n) is 3.26. The number of nitrogens with one attached hydrogen (secondary N) is 1. The number of esters is 1. The number of para-hydroxylation sites is 1. The van der Waals surface area contributed by atoms with Crippen LogP contribution in [0.25, 0.3) is 22.2 Å². The molecule has 8 nitrogen and oxygen atoms in total. The van der Waals surface area contributed by atoms with Gasteiger partial charge in [-0.15, -0.1) is 11.3 Å². The lowest BCUT2D eigenvalue weighted by Gasteiger charge is -2.09. The number of fused-ring (bicyclic) bond motifs is 1. The minimum atomic E-state index is -0.549. The van der Waals surface area contributed by atoms with Gasteiger partial charge in [-0.2, -0.15) is 0 Å². The molecular weight excluding hydrogens is 440 g/mol. The van der Waals surface area contributed by atoms with Crippen molar-refractivity contribution in [1.82, 2.24) is 14.5 Å². The average Bonchev–Trinajstić information content (AvgIpc) is 3.28. The lowest BCUT2D eigenvalue weighted by molar-refractivity contribution is -0.147. The standard InChI is InChI=1S/C24H22N4O4S/c1-15-7-9-16(10-8-15)19-14-33-24(26-19)27-21(29)13-32-22(30)12-11-20-25-18-6-4-3-5-17(18)23(31)28(20)2/h3-10,14H,11-13H2,1-2H3,(H,26,27,29). The predicted molar refractivity (Wildman–Crippen MR) is 127 cm³/mol. The first-order valence-corrected chi connectivity index (χ1v) is 11.2. The molecule has 0 unspecified atom stereocenters. The summed E-state index contributed by atoms with van der Waals surface area (Å²) >= 11 is 1.30. The van der Waals surface area contributed by atoms with Gasteiger partial charge < -0.3 is 4.74 Å². The fraction of sp³-hybridized carbons (Fsp3) is 0.208. The van der Waals surface area contributed by atoms with E-state index in [1.165, 1.54) is 15.9 Å². The van der Waals surface area contributed by atoms with Gasteiger partial charge in [0.25, 0.3) is 11.5 Å². The van der Waals surface area contributed by atoms with Crippen LogP contribution in [0.3, 0.4) is 0 Å². The van der Waals surface area contributed by atoms with Gasteiger partial charge in [0, 0.05) is 24.4 Å². The van der Waals surface area contributed by atoms with Crippen molar-refractivity contribution in [2.45, 2.75) is 19.8 Å². The molecular formula is C24H22N4O4S. The van der Waals surface area contributed by atoms with E-state index in [4.69, 9.17) is 4.74 Å². The van der Waals surface area contributed by atoms with E-state index in [-0.39, 0.29) is 18.4 Å². The number of benzene rings is 2. The Kier molecular flexibility index (Phi) is 6.60. The topological polar surface area (TPSA) is 103 Å². The lowest BCUT2D eigenvalue weighted by Crippen LogP contribution is -2.24. The van der Waals surface area contributed by atoms with Crippen LogP contribution in [0.1, 0.15) is 17.8 Å². The number of rotatable bonds is 7. The molecule has 0 fully saturated rings. The highest BCUT2D eigenvalue weighted by Gasteiger charge is 2.13. The molecule has 0 saturated carbocycles. The number of hydrogen-bond acceptors (Lipinski definition) is 7. The molecule has 1 amide bonds. The fourth-order valence-corrected chi connectivity index (χ4v) is 4.00. The summed E-state index contributed by atoms with van der Waals surface area (Å²) in [4.78, 5) is 45.6. The van der Waals surface area contributed by atoms with E-state index >= 15 is 0 Å². The Morgan fingerprint density at radius 2 is 1.85 bits per heavy atom. The molecule has 2 aromatic heterocycles. The monoisotopic (exact) mass is 462 g/mol. The van der Waals surface area contributed by atoms with Gasteiger partial charge in [-0.25, -0.2) is 9.97 Å². The van der Waals surface area contributed by atoms with E-state index in [0.717, 1.165) is 16.8 Å². The van der Waals surface area contributed by atoms with Crippen molar-refractivity contribution in [3.8, 4) is 11.3 Å². The Bertz CT molecular complexity index is 1380. The maximum Gasteiger partial charge on any atom is 0.306 e. The Morgan fingerprint density at radius 1 is 1.09 bits per heavy atom. The first-order valence-electron chi connectivity index (χ1n) is 10.3. The van der Waals surface area contributed by atoms with Crippen LogP contribution in [0.4, 0.5) is 5.13 Å². The van der Waals surface area contributed by atoms with Gasteiger partial charge in [-0.1, -0.05) is 42.0 Å². The van der Waals surface area contributed by atoms with E-state index in [1.807, 2.05) is 36.6 Å². The van der Waals surface area contributed by atoms with E-state index < -0.39 is 18.5 Å². The second kappa shape index (κ2) is 9.74. The second-order valence-corrected chi connectivity index (χ2v) is 8.38. The van der Waals surface area contributed by atoms with Crippen LogP contribution in [0.5, 0.6) is 0 Å². The smallest absolute Gasteiger partial charge is 0.306 e. The number of nitrogens with zero attached hydrogens (tertiary/aromatic N) is 3. The maximum absolute atomic E-state index is 12.4. The molecule has 33 heavy (non-hydrogen) atoms. The van der Waals surface area contributed by atoms with Crippen LogP contribution in [0.15, 0.2) is 58.7 Å². The number of hydrogen-bond donors (Lipinski definition) is 1. The highest BCUT2D eigenvalue weighted by molar-refractivity contribution is 7.14. The van der Waals surface area contributed by atoms with Crippen LogP contribution >= 0.6 is 11.3 Å². The minimum absolute atomic E-state index is 0.000719. The molecule has 0 bridgehead atoms. The van der Waals surface area contributed by atoms with Gasteiger partial charge in [-0.3, -0.25) is 24.3 Å². The number of ether oxygens (including phenoxy) is 1. The number of aromatic nitrogens is 3. The third kappa shape index (κ3) is 5.32. The highest BCUT2D eigenvalue weighted by atomic mass is 32.1. The number of aryl methyl sites for hydroxylation is 2. The molecule has 0 spiro atoms. The number of carbonyl (C=O) groups excluding carboxylic acids is 2. The van der Waals surface area contributed by atoms with Crippen molar-refractivity contribution in [2.24, 2.45) is 7.05 Å². The molecule has 1 N–H and O–H groups in total. The number of carbonyl (C=O) groups is 2. The normalized spacial score (nSPS) is 10.8. The van der Waals surface area contributed by atoms with Crippen LogP contribution in [0, 0.1) is 6.92 Å². The van der Waals surface area contributed by atoms with E-state index in [2.05, 4.69) is 15.3 Å². The summed E-state index contributed by atoms with van der Waals surface area (Å²) in [5.41, 5.74) is 3.29. The molecule has 4 rings (SSSR count). The van der Waals surface area contributed by atoms with Crippen molar-refractivity contribution >= 4 is 39.2 Å². The van der Waals surface area contributed by atoms with Gasteiger partial charge in [0.05, 0.1) is 23.0 Å². The Labute approximate surface area is 193 Å². The van der Waals surface area contributed by atoms with Crippen molar-refractivity contribution < 1.29 is 14.3 Å². The summed E-state index contributed by atoms with van der Waals surface area (Å²) in [7, 11) is 1.62. The number of amides is 1. The SMILES string of the molecule is Cc1ccc(-c2csc(NC(=O)COC(=O)CCc3nc4ccccc4c(=O)n3C)n2)cc1. The quantitative estimate of drug-likeness (QED) is 0.422. The molecule has 0 aliphatic heterocycles. The summed E-state index contributed by atoms with van der Waals surface area (Å²) in [5, 5.41) is 5.45. The lowest BCUT2D eigenvalue weighted by atomic mass is 10.1. The number of anilines is 1. The van der Waals surface area contributed by atoms with Crippen molar-refractivity contribution in [2.75, 3.05) is 11.9 Å². The average molecular weight is 463 g/mol. The zero-order chi connectivity index (χ0) is 23.4. The summed E-state index contributed by atoms with van der Waals surface area (Å²) in [6.07, 6.45) is 0.226. The van der Waals surface area contributed by atoms with Crippen molar-refractivity contribution in [3.05, 3.63) is 75.7 Å². The molecule has 0 radical (unpaired) electrons. The first-order chi connectivity index (χ1) is 15.9. The van der Waals surface area contributed by atoms with Crippen LogP contribution in [-0.4, -0.2) is 33.0 Å². The van der Waals surface area contributed by atoms with Crippen molar-refractivity contribution in [1.29, 1.82) is 0 Å². The summed E-state index contributed by atoms with van der Waals surface area (Å²) < 4.78 is 6.50. The third-order valence-corrected chi connectivity index (χ3v) is 5.85. The molecule has 4 aromatic rings. The van der Waals surface area contributed by atoms with Crippen LogP contribution in [0.2, 0.25) is 0 Å². The molecule has 0 saturated heterocycles. The Balaban J connectivity index is 1.28. The summed E-state index contributed by atoms with van der Waals surface area (Å²) in [5.74, 6) is -0.539. The molecule has 2 heterocycles. The van der Waals surface area contributed by atoms with Crippen molar-refractivity contribution in [3.63, 3.8) is 0 Å². The summed E-state index contributed by atoms with van der Waals surface area (Å²) in [6.45, 7) is 1.60. The zero-order valence-electron chi connectivity index (χ0n) is 18.2. The highest BCUT2D eigenvalue weighted by Crippen LogP contribution is 2.25. The summed E-state index contributed by atoms with van der Waals surface area (Å²) in [6, 6.07) is 15.0. The molecule has 0 aliphatic rings.